The summed E-state index contributed by atoms with van der Waals surface area (Å²) in [6.07, 6.45) is 2.53. The highest BCUT2D eigenvalue weighted by Gasteiger charge is 2.10. The van der Waals surface area contributed by atoms with Crippen molar-refractivity contribution in [3.63, 3.8) is 0 Å². The second kappa shape index (κ2) is 6.07. The number of benzene rings is 2. The van der Waals surface area contributed by atoms with Crippen LogP contribution in [0.1, 0.15) is 26.2 Å². The molecular weight excluding hydrogens is 222 g/mol. The largest absolute Gasteiger partial charge is 0.475 e. The van der Waals surface area contributed by atoms with Gasteiger partial charge in [0.05, 0.1) is 0 Å². The first-order chi connectivity index (χ1) is 8.85. The third-order valence-corrected chi connectivity index (χ3v) is 2.98. The second-order valence-corrected chi connectivity index (χ2v) is 4.36. The van der Waals surface area contributed by atoms with Crippen molar-refractivity contribution >= 4 is 10.8 Å². The van der Waals surface area contributed by atoms with E-state index < -0.39 is 0 Å². The lowest BCUT2D eigenvalue weighted by Gasteiger charge is -2.13. The van der Waals surface area contributed by atoms with Crippen molar-refractivity contribution in [1.29, 1.82) is 5.26 Å². The maximum absolute atomic E-state index is 9.11. The molecule has 1 atom stereocenters. The van der Waals surface area contributed by atoms with Crippen LogP contribution in [0.15, 0.2) is 42.5 Å². The molecular formula is C16H17NO. The van der Waals surface area contributed by atoms with Gasteiger partial charge in [-0.2, -0.15) is 5.26 Å². The molecule has 0 saturated heterocycles. The Bertz CT molecular complexity index is 551. The van der Waals surface area contributed by atoms with Gasteiger partial charge in [0, 0.05) is 5.39 Å². The van der Waals surface area contributed by atoms with E-state index in [1.807, 2.05) is 30.3 Å². The molecule has 18 heavy (non-hydrogen) atoms. The zero-order valence-electron chi connectivity index (χ0n) is 10.6. The molecule has 0 aromatic heterocycles. The van der Waals surface area contributed by atoms with E-state index in [2.05, 4.69) is 25.1 Å². The smallest absolute Gasteiger partial charge is 0.184 e. The van der Waals surface area contributed by atoms with E-state index in [0.29, 0.717) is 0 Å². The molecule has 0 spiro atoms. The van der Waals surface area contributed by atoms with E-state index >= 15 is 0 Å². The zero-order valence-corrected chi connectivity index (χ0v) is 10.6. The average molecular weight is 239 g/mol. The molecule has 0 amide bonds. The standard InChI is InChI=1S/C16H17NO/c1-2-3-9-14(12-17)18-16-11-6-8-13-7-4-5-10-15(13)16/h4-8,10-11,14H,2-3,9H2,1H3. The summed E-state index contributed by atoms with van der Waals surface area (Å²) in [5.41, 5.74) is 0. The first-order valence-electron chi connectivity index (χ1n) is 6.39. The van der Waals surface area contributed by atoms with Gasteiger partial charge in [-0.3, -0.25) is 0 Å². The van der Waals surface area contributed by atoms with Crippen LogP contribution < -0.4 is 4.74 Å². The topological polar surface area (TPSA) is 33.0 Å². The zero-order chi connectivity index (χ0) is 12.8. The van der Waals surface area contributed by atoms with Crippen molar-refractivity contribution in [3.8, 4) is 11.8 Å². The van der Waals surface area contributed by atoms with Gasteiger partial charge in [0.1, 0.15) is 11.8 Å². The summed E-state index contributed by atoms with van der Waals surface area (Å²) in [7, 11) is 0. The fraction of sp³-hybridized carbons (Fsp3) is 0.312. The van der Waals surface area contributed by atoms with Crippen LogP contribution in [-0.4, -0.2) is 6.10 Å². The lowest BCUT2D eigenvalue weighted by atomic mass is 10.1. The maximum atomic E-state index is 9.11. The molecule has 2 rings (SSSR count). The van der Waals surface area contributed by atoms with E-state index in [1.165, 1.54) is 0 Å². The Morgan fingerprint density at radius 3 is 2.72 bits per heavy atom. The Labute approximate surface area is 108 Å². The fourth-order valence-corrected chi connectivity index (χ4v) is 1.99. The summed E-state index contributed by atoms with van der Waals surface area (Å²) in [5.74, 6) is 0.802. The monoisotopic (exact) mass is 239 g/mol. The Balaban J connectivity index is 2.23. The third kappa shape index (κ3) is 2.81. The van der Waals surface area contributed by atoms with Gasteiger partial charge in [-0.15, -0.1) is 0 Å². The number of nitriles is 1. The first kappa shape index (κ1) is 12.4. The molecule has 92 valence electrons. The third-order valence-electron chi connectivity index (χ3n) is 2.98. The van der Waals surface area contributed by atoms with Crippen molar-refractivity contribution in [2.75, 3.05) is 0 Å². The summed E-state index contributed by atoms with van der Waals surface area (Å²) >= 11 is 0. The summed E-state index contributed by atoms with van der Waals surface area (Å²) in [6.45, 7) is 2.12. The molecule has 2 aromatic rings. The number of unbranched alkanes of at least 4 members (excludes halogenated alkanes) is 1. The highest BCUT2D eigenvalue weighted by atomic mass is 16.5. The van der Waals surface area contributed by atoms with E-state index in [0.717, 1.165) is 35.8 Å². The Hall–Kier alpha value is -2.01. The highest BCUT2D eigenvalue weighted by molar-refractivity contribution is 5.88. The molecule has 1 unspecified atom stereocenters. The van der Waals surface area contributed by atoms with Crippen LogP contribution in [0.2, 0.25) is 0 Å². The van der Waals surface area contributed by atoms with Crippen LogP contribution in [-0.2, 0) is 0 Å². The number of fused-ring (bicyclic) bond motifs is 1. The Kier molecular flexibility index (Phi) is 4.20. The van der Waals surface area contributed by atoms with Crippen molar-refractivity contribution in [2.24, 2.45) is 0 Å². The molecule has 0 bridgehead atoms. The maximum Gasteiger partial charge on any atom is 0.184 e. The molecule has 0 aliphatic carbocycles. The molecule has 2 aromatic carbocycles. The van der Waals surface area contributed by atoms with E-state index in [1.54, 1.807) is 0 Å². The predicted molar refractivity (Wildman–Crippen MR) is 73.5 cm³/mol. The lowest BCUT2D eigenvalue weighted by Crippen LogP contribution is -2.13. The SMILES string of the molecule is CCCCC(C#N)Oc1cccc2ccccc12. The molecule has 0 heterocycles. The number of ether oxygens (including phenoxy) is 1. The molecule has 0 N–H and O–H groups in total. The number of hydrogen-bond donors (Lipinski definition) is 0. The normalized spacial score (nSPS) is 12.0. The molecule has 2 nitrogen and oxygen atoms in total. The summed E-state index contributed by atoms with van der Waals surface area (Å²) in [6, 6.07) is 16.2. The second-order valence-electron chi connectivity index (χ2n) is 4.36. The van der Waals surface area contributed by atoms with Gasteiger partial charge >= 0.3 is 0 Å². The van der Waals surface area contributed by atoms with Gasteiger partial charge in [0.25, 0.3) is 0 Å². The number of rotatable bonds is 5. The summed E-state index contributed by atoms with van der Waals surface area (Å²) in [4.78, 5) is 0. The molecule has 0 saturated carbocycles. The van der Waals surface area contributed by atoms with Crippen molar-refractivity contribution in [3.05, 3.63) is 42.5 Å². The van der Waals surface area contributed by atoms with E-state index in [9.17, 15) is 0 Å². The molecule has 0 aliphatic heterocycles. The van der Waals surface area contributed by atoms with Gasteiger partial charge in [-0.1, -0.05) is 49.7 Å². The van der Waals surface area contributed by atoms with Crippen LogP contribution in [0, 0.1) is 11.3 Å². The van der Waals surface area contributed by atoms with Gasteiger partial charge in [-0.25, -0.2) is 0 Å². The molecule has 0 fully saturated rings. The van der Waals surface area contributed by atoms with Gasteiger partial charge in [0.2, 0.25) is 0 Å². The summed E-state index contributed by atoms with van der Waals surface area (Å²) < 4.78 is 5.82. The Morgan fingerprint density at radius 2 is 1.94 bits per heavy atom. The number of nitrogens with zero attached hydrogens (tertiary/aromatic N) is 1. The Morgan fingerprint density at radius 1 is 1.17 bits per heavy atom. The van der Waals surface area contributed by atoms with Gasteiger partial charge in [-0.05, 0) is 24.3 Å². The fourth-order valence-electron chi connectivity index (χ4n) is 1.99. The molecule has 2 heteroatoms. The first-order valence-corrected chi connectivity index (χ1v) is 6.39. The molecule has 0 radical (unpaired) electrons. The number of hydrogen-bond acceptors (Lipinski definition) is 2. The van der Waals surface area contributed by atoms with Gasteiger partial charge in [0.15, 0.2) is 6.10 Å². The van der Waals surface area contributed by atoms with Crippen molar-refractivity contribution in [1.82, 2.24) is 0 Å². The lowest BCUT2D eigenvalue weighted by molar-refractivity contribution is 0.244. The van der Waals surface area contributed by atoms with Crippen LogP contribution >= 0.6 is 0 Å². The van der Waals surface area contributed by atoms with Crippen LogP contribution in [0.25, 0.3) is 10.8 Å². The minimum atomic E-state index is -0.351. The van der Waals surface area contributed by atoms with Gasteiger partial charge < -0.3 is 4.74 Å². The van der Waals surface area contributed by atoms with E-state index in [-0.39, 0.29) is 6.10 Å². The van der Waals surface area contributed by atoms with Crippen molar-refractivity contribution < 1.29 is 4.74 Å². The van der Waals surface area contributed by atoms with Crippen molar-refractivity contribution in [2.45, 2.75) is 32.3 Å². The average Bonchev–Trinajstić information content (AvgIpc) is 2.43. The van der Waals surface area contributed by atoms with Crippen LogP contribution in [0.4, 0.5) is 0 Å². The highest BCUT2D eigenvalue weighted by Crippen LogP contribution is 2.26. The molecule has 0 aliphatic rings. The van der Waals surface area contributed by atoms with Crippen LogP contribution in [0.3, 0.4) is 0 Å². The van der Waals surface area contributed by atoms with E-state index in [4.69, 9.17) is 10.00 Å². The predicted octanol–water partition coefficient (Wildman–Crippen LogP) is 4.30. The minimum absolute atomic E-state index is 0.351. The summed E-state index contributed by atoms with van der Waals surface area (Å²) in [5, 5.41) is 11.3. The quantitative estimate of drug-likeness (QED) is 0.779. The minimum Gasteiger partial charge on any atom is -0.475 e. The van der Waals surface area contributed by atoms with Crippen LogP contribution in [0.5, 0.6) is 5.75 Å².